The number of aliphatic hydroxyl groups excluding tert-OH is 1. The largest absolute Gasteiger partial charge is 0.481 e. The number of carbonyl (C=O) groups excluding carboxylic acids is 1. The standard InChI is InChI=1S/C8H14O5/c1-6(9)8(12)13-5-3-2-4-7(10)11/h6,9H,2-5H2,1H3,(H,10,11). The number of hydrogen-bond donors (Lipinski definition) is 2. The average Bonchev–Trinajstić information content (AvgIpc) is 2.02. The molecule has 1 unspecified atom stereocenters. The lowest BCUT2D eigenvalue weighted by molar-refractivity contribution is -0.152. The van der Waals surface area contributed by atoms with Gasteiger partial charge in [-0.05, 0) is 19.8 Å². The van der Waals surface area contributed by atoms with Gasteiger partial charge in [0.1, 0.15) is 6.10 Å². The van der Waals surface area contributed by atoms with Crippen molar-refractivity contribution in [2.24, 2.45) is 0 Å². The van der Waals surface area contributed by atoms with Gasteiger partial charge in [0.05, 0.1) is 6.61 Å². The zero-order chi connectivity index (χ0) is 10.3. The van der Waals surface area contributed by atoms with E-state index < -0.39 is 18.0 Å². The van der Waals surface area contributed by atoms with Gasteiger partial charge in [-0.25, -0.2) is 4.79 Å². The van der Waals surface area contributed by atoms with E-state index in [1.165, 1.54) is 6.92 Å². The number of carboxylic acids is 1. The molecule has 0 fully saturated rings. The number of ether oxygens (including phenoxy) is 1. The molecule has 76 valence electrons. The van der Waals surface area contributed by atoms with Crippen molar-refractivity contribution in [1.29, 1.82) is 0 Å². The van der Waals surface area contributed by atoms with Crippen LogP contribution in [0.5, 0.6) is 0 Å². The molecule has 5 nitrogen and oxygen atoms in total. The highest BCUT2D eigenvalue weighted by Crippen LogP contribution is 1.97. The summed E-state index contributed by atoms with van der Waals surface area (Å²) in [5, 5.41) is 17.0. The van der Waals surface area contributed by atoms with Gasteiger partial charge in [0.15, 0.2) is 0 Å². The van der Waals surface area contributed by atoms with Crippen molar-refractivity contribution < 1.29 is 24.5 Å². The Labute approximate surface area is 76.3 Å². The molecular weight excluding hydrogens is 176 g/mol. The minimum absolute atomic E-state index is 0.0756. The van der Waals surface area contributed by atoms with Crippen LogP contribution in [0.25, 0.3) is 0 Å². The van der Waals surface area contributed by atoms with Crippen molar-refractivity contribution in [2.45, 2.75) is 32.3 Å². The number of carboxylic acid groups (broad SMARTS) is 1. The van der Waals surface area contributed by atoms with Crippen molar-refractivity contribution in [3.63, 3.8) is 0 Å². The van der Waals surface area contributed by atoms with Crippen LogP contribution in [0.1, 0.15) is 26.2 Å². The minimum Gasteiger partial charge on any atom is -0.481 e. The predicted molar refractivity (Wildman–Crippen MR) is 44.1 cm³/mol. The van der Waals surface area contributed by atoms with E-state index in [4.69, 9.17) is 10.2 Å². The summed E-state index contributed by atoms with van der Waals surface area (Å²) in [5.41, 5.74) is 0. The molecule has 0 aliphatic heterocycles. The van der Waals surface area contributed by atoms with Crippen molar-refractivity contribution in [3.05, 3.63) is 0 Å². The Morgan fingerprint density at radius 3 is 2.46 bits per heavy atom. The van der Waals surface area contributed by atoms with Crippen LogP contribution >= 0.6 is 0 Å². The summed E-state index contributed by atoms with van der Waals surface area (Å²) in [6, 6.07) is 0. The van der Waals surface area contributed by atoms with Crippen molar-refractivity contribution in [2.75, 3.05) is 6.61 Å². The van der Waals surface area contributed by atoms with E-state index in [1.54, 1.807) is 0 Å². The van der Waals surface area contributed by atoms with E-state index in [1.807, 2.05) is 0 Å². The fourth-order valence-corrected chi connectivity index (χ4v) is 0.672. The summed E-state index contributed by atoms with van der Waals surface area (Å²) in [5.74, 6) is -1.53. The minimum atomic E-state index is -1.11. The monoisotopic (exact) mass is 190 g/mol. The number of aliphatic hydroxyl groups is 1. The van der Waals surface area contributed by atoms with Gasteiger partial charge < -0.3 is 14.9 Å². The van der Waals surface area contributed by atoms with E-state index in [0.29, 0.717) is 12.8 Å². The Balaban J connectivity index is 3.26. The Morgan fingerprint density at radius 1 is 1.38 bits per heavy atom. The summed E-state index contributed by atoms with van der Waals surface area (Å²) < 4.78 is 4.60. The molecule has 5 heteroatoms. The molecular formula is C8H14O5. The molecule has 0 spiro atoms. The topological polar surface area (TPSA) is 83.8 Å². The van der Waals surface area contributed by atoms with Gasteiger partial charge in [-0.2, -0.15) is 0 Å². The number of aliphatic carboxylic acids is 1. The van der Waals surface area contributed by atoms with Crippen molar-refractivity contribution in [1.82, 2.24) is 0 Å². The van der Waals surface area contributed by atoms with Gasteiger partial charge in [0, 0.05) is 6.42 Å². The number of esters is 1. The Hall–Kier alpha value is -1.10. The highest BCUT2D eigenvalue weighted by Gasteiger charge is 2.09. The summed E-state index contributed by atoms with van der Waals surface area (Å²) in [6.07, 6.45) is -0.0566. The van der Waals surface area contributed by atoms with Crippen LogP contribution in [0.15, 0.2) is 0 Å². The van der Waals surface area contributed by atoms with Crippen LogP contribution in [0.3, 0.4) is 0 Å². The first-order valence-corrected chi connectivity index (χ1v) is 4.10. The Morgan fingerprint density at radius 2 is 2.00 bits per heavy atom. The average molecular weight is 190 g/mol. The SMILES string of the molecule is CC(O)C(=O)OCCCCC(=O)O. The lowest BCUT2D eigenvalue weighted by Gasteiger charge is -2.05. The van der Waals surface area contributed by atoms with Crippen LogP contribution in [0.4, 0.5) is 0 Å². The second kappa shape index (κ2) is 6.42. The zero-order valence-electron chi connectivity index (χ0n) is 7.52. The maximum Gasteiger partial charge on any atom is 0.334 e. The number of unbranched alkanes of at least 4 members (excludes halogenated alkanes) is 1. The third-order valence-electron chi connectivity index (χ3n) is 1.37. The molecule has 2 N–H and O–H groups in total. The van der Waals surface area contributed by atoms with E-state index in [9.17, 15) is 9.59 Å². The zero-order valence-corrected chi connectivity index (χ0v) is 7.52. The third-order valence-corrected chi connectivity index (χ3v) is 1.37. The van der Waals surface area contributed by atoms with Crippen molar-refractivity contribution in [3.8, 4) is 0 Å². The smallest absolute Gasteiger partial charge is 0.334 e. The Kier molecular flexibility index (Phi) is 5.88. The second-order valence-corrected chi connectivity index (χ2v) is 2.69. The molecule has 1 atom stereocenters. The number of rotatable bonds is 6. The molecule has 0 aromatic carbocycles. The molecule has 0 radical (unpaired) electrons. The quantitative estimate of drug-likeness (QED) is 0.460. The molecule has 0 saturated heterocycles. The van der Waals surface area contributed by atoms with E-state index in [-0.39, 0.29) is 13.0 Å². The maximum atomic E-state index is 10.7. The van der Waals surface area contributed by atoms with Gasteiger partial charge in [-0.3, -0.25) is 4.79 Å². The second-order valence-electron chi connectivity index (χ2n) is 2.69. The van der Waals surface area contributed by atoms with Crippen molar-refractivity contribution >= 4 is 11.9 Å². The number of carbonyl (C=O) groups is 2. The van der Waals surface area contributed by atoms with Crippen LogP contribution in [0.2, 0.25) is 0 Å². The summed E-state index contributed by atoms with van der Waals surface area (Å²) in [6.45, 7) is 1.48. The normalized spacial score (nSPS) is 12.2. The number of hydrogen-bond acceptors (Lipinski definition) is 4. The van der Waals surface area contributed by atoms with Crippen LogP contribution in [0, 0.1) is 0 Å². The lowest BCUT2D eigenvalue weighted by Crippen LogP contribution is -2.19. The Bertz CT molecular complexity index is 175. The molecule has 0 aromatic heterocycles. The highest BCUT2D eigenvalue weighted by molar-refractivity contribution is 5.73. The highest BCUT2D eigenvalue weighted by atomic mass is 16.5. The van der Waals surface area contributed by atoms with E-state index in [2.05, 4.69) is 4.74 Å². The third kappa shape index (κ3) is 7.27. The molecule has 13 heavy (non-hydrogen) atoms. The van der Waals surface area contributed by atoms with Crippen LogP contribution in [-0.2, 0) is 14.3 Å². The van der Waals surface area contributed by atoms with Gasteiger partial charge in [0.2, 0.25) is 0 Å². The predicted octanol–water partition coefficient (Wildman–Crippen LogP) is 0.165. The molecule has 0 aliphatic carbocycles. The summed E-state index contributed by atoms with van der Waals surface area (Å²) in [4.78, 5) is 20.7. The summed E-state index contributed by atoms with van der Waals surface area (Å²) >= 11 is 0. The summed E-state index contributed by atoms with van der Waals surface area (Å²) in [7, 11) is 0. The van der Waals surface area contributed by atoms with Crippen LogP contribution in [-0.4, -0.2) is 34.9 Å². The van der Waals surface area contributed by atoms with Gasteiger partial charge in [-0.1, -0.05) is 0 Å². The molecule has 0 aromatic rings. The molecule has 0 rings (SSSR count). The molecule has 0 heterocycles. The van der Waals surface area contributed by atoms with Crippen LogP contribution < -0.4 is 0 Å². The van der Waals surface area contributed by atoms with E-state index >= 15 is 0 Å². The maximum absolute atomic E-state index is 10.7. The fourth-order valence-electron chi connectivity index (χ4n) is 0.672. The molecule has 0 aliphatic rings. The fraction of sp³-hybridized carbons (Fsp3) is 0.750. The van der Waals surface area contributed by atoms with Gasteiger partial charge in [0.25, 0.3) is 0 Å². The lowest BCUT2D eigenvalue weighted by atomic mass is 10.2. The van der Waals surface area contributed by atoms with Gasteiger partial charge >= 0.3 is 11.9 Å². The van der Waals surface area contributed by atoms with Gasteiger partial charge in [-0.15, -0.1) is 0 Å². The molecule has 0 amide bonds. The first kappa shape index (κ1) is 11.9. The first-order valence-electron chi connectivity index (χ1n) is 4.10. The molecule has 0 saturated carbocycles. The molecule has 0 bridgehead atoms. The van der Waals surface area contributed by atoms with E-state index in [0.717, 1.165) is 0 Å². The first-order chi connectivity index (χ1) is 6.04.